The van der Waals surface area contributed by atoms with Gasteiger partial charge in [0.05, 0.1) is 6.61 Å². The number of carbonyl (C=O) groups excluding carboxylic acids is 2. The number of benzene rings is 1. The first-order valence-corrected chi connectivity index (χ1v) is 5.83. The van der Waals surface area contributed by atoms with Gasteiger partial charge in [0.1, 0.15) is 12.2 Å². The highest BCUT2D eigenvalue weighted by atomic mass is 79.9. The maximum absolute atomic E-state index is 11.4. The Balaban J connectivity index is 2.66. The van der Waals surface area contributed by atoms with Crippen molar-refractivity contribution in [3.63, 3.8) is 0 Å². The molecule has 0 bridgehead atoms. The fraction of sp³-hybridized carbons (Fsp3) is 0.333. The van der Waals surface area contributed by atoms with Crippen LogP contribution in [-0.2, 0) is 20.7 Å². The summed E-state index contributed by atoms with van der Waals surface area (Å²) in [5, 5.41) is 0. The third kappa shape index (κ3) is 3.77. The molecule has 0 aromatic heterocycles. The van der Waals surface area contributed by atoms with Gasteiger partial charge < -0.3 is 9.53 Å². The smallest absolute Gasteiger partial charge is 0.316 e. The van der Waals surface area contributed by atoms with Gasteiger partial charge in [-0.3, -0.25) is 4.79 Å². The SMILES string of the molecule is CCOC(=O)C(C=O)Cc1ccc(Br)cc1. The lowest BCUT2D eigenvalue weighted by atomic mass is 10.0. The zero-order valence-electron chi connectivity index (χ0n) is 8.98. The van der Waals surface area contributed by atoms with Gasteiger partial charge in [0, 0.05) is 4.47 Å². The monoisotopic (exact) mass is 284 g/mol. The molecule has 0 saturated heterocycles. The van der Waals surface area contributed by atoms with Gasteiger partial charge >= 0.3 is 5.97 Å². The van der Waals surface area contributed by atoms with E-state index in [-0.39, 0.29) is 0 Å². The largest absolute Gasteiger partial charge is 0.465 e. The molecule has 1 atom stereocenters. The molecule has 0 aliphatic rings. The van der Waals surface area contributed by atoms with E-state index in [1.54, 1.807) is 6.92 Å². The first-order chi connectivity index (χ1) is 7.67. The van der Waals surface area contributed by atoms with E-state index in [4.69, 9.17) is 4.74 Å². The molecular formula is C12H13BrO3. The van der Waals surface area contributed by atoms with Crippen molar-refractivity contribution >= 4 is 28.2 Å². The number of esters is 1. The molecular weight excluding hydrogens is 272 g/mol. The van der Waals surface area contributed by atoms with E-state index in [1.165, 1.54) is 0 Å². The van der Waals surface area contributed by atoms with Gasteiger partial charge in [0.2, 0.25) is 0 Å². The van der Waals surface area contributed by atoms with Crippen LogP contribution in [0.1, 0.15) is 12.5 Å². The van der Waals surface area contributed by atoms with Crippen molar-refractivity contribution in [2.75, 3.05) is 6.61 Å². The first kappa shape index (κ1) is 12.9. The molecule has 86 valence electrons. The maximum Gasteiger partial charge on any atom is 0.316 e. The Morgan fingerprint density at radius 2 is 2.06 bits per heavy atom. The van der Waals surface area contributed by atoms with Crippen molar-refractivity contribution in [2.24, 2.45) is 5.92 Å². The van der Waals surface area contributed by atoms with Crippen molar-refractivity contribution in [1.29, 1.82) is 0 Å². The summed E-state index contributed by atoms with van der Waals surface area (Å²) in [6.45, 7) is 2.02. The highest BCUT2D eigenvalue weighted by Crippen LogP contribution is 2.14. The molecule has 1 aromatic rings. The average Bonchev–Trinajstić information content (AvgIpc) is 2.28. The van der Waals surface area contributed by atoms with Crippen molar-refractivity contribution < 1.29 is 14.3 Å². The molecule has 0 saturated carbocycles. The number of hydrogen-bond acceptors (Lipinski definition) is 3. The van der Waals surface area contributed by atoms with Crippen molar-refractivity contribution in [1.82, 2.24) is 0 Å². The fourth-order valence-corrected chi connectivity index (χ4v) is 1.58. The average molecular weight is 285 g/mol. The zero-order valence-corrected chi connectivity index (χ0v) is 10.6. The molecule has 0 aliphatic carbocycles. The maximum atomic E-state index is 11.4. The van der Waals surface area contributed by atoms with Crippen LogP contribution in [0.2, 0.25) is 0 Å². The van der Waals surface area contributed by atoms with Gasteiger partial charge in [0.25, 0.3) is 0 Å². The lowest BCUT2D eigenvalue weighted by Gasteiger charge is -2.09. The Bertz CT molecular complexity index is 359. The Morgan fingerprint density at radius 1 is 1.44 bits per heavy atom. The van der Waals surface area contributed by atoms with Crippen molar-refractivity contribution in [3.8, 4) is 0 Å². The quantitative estimate of drug-likeness (QED) is 0.474. The third-order valence-corrected chi connectivity index (χ3v) is 2.65. The lowest BCUT2D eigenvalue weighted by Crippen LogP contribution is -2.21. The molecule has 0 fully saturated rings. The highest BCUT2D eigenvalue weighted by Gasteiger charge is 2.19. The van der Waals surface area contributed by atoms with Gasteiger partial charge in [-0.2, -0.15) is 0 Å². The van der Waals surface area contributed by atoms with E-state index in [0.29, 0.717) is 19.3 Å². The summed E-state index contributed by atoms with van der Waals surface area (Å²) < 4.78 is 5.78. The lowest BCUT2D eigenvalue weighted by molar-refractivity contribution is -0.149. The van der Waals surface area contributed by atoms with Crippen molar-refractivity contribution in [2.45, 2.75) is 13.3 Å². The van der Waals surface area contributed by atoms with Crippen LogP contribution < -0.4 is 0 Å². The van der Waals surface area contributed by atoms with E-state index in [9.17, 15) is 9.59 Å². The van der Waals surface area contributed by atoms with Crippen LogP contribution in [0.4, 0.5) is 0 Å². The number of hydrogen-bond donors (Lipinski definition) is 0. The van der Waals surface area contributed by atoms with Crippen LogP contribution in [0.3, 0.4) is 0 Å². The van der Waals surface area contributed by atoms with Gasteiger partial charge in [-0.05, 0) is 31.0 Å². The van der Waals surface area contributed by atoms with Gasteiger partial charge in [-0.15, -0.1) is 0 Å². The van der Waals surface area contributed by atoms with Gasteiger partial charge in [-0.25, -0.2) is 0 Å². The Kier molecular flexibility index (Phi) is 5.19. The molecule has 0 N–H and O–H groups in total. The van der Waals surface area contributed by atoms with Gasteiger partial charge in [-0.1, -0.05) is 28.1 Å². The molecule has 0 aliphatic heterocycles. The summed E-state index contributed by atoms with van der Waals surface area (Å²) in [5.74, 6) is -1.17. The molecule has 1 rings (SSSR count). The third-order valence-electron chi connectivity index (χ3n) is 2.12. The number of ether oxygens (including phenoxy) is 1. The normalized spacial score (nSPS) is 11.9. The Labute approximate surface area is 103 Å². The predicted octanol–water partition coefficient (Wildman–Crippen LogP) is 2.37. The van der Waals surface area contributed by atoms with Crippen molar-refractivity contribution in [3.05, 3.63) is 34.3 Å². The van der Waals surface area contributed by atoms with Crippen LogP contribution in [-0.4, -0.2) is 18.9 Å². The van der Waals surface area contributed by atoms with Gasteiger partial charge in [0.15, 0.2) is 0 Å². The molecule has 0 heterocycles. The van der Waals surface area contributed by atoms with Crippen LogP contribution in [0, 0.1) is 5.92 Å². The summed E-state index contributed by atoms with van der Waals surface area (Å²) in [7, 11) is 0. The molecule has 16 heavy (non-hydrogen) atoms. The van der Waals surface area contributed by atoms with Crippen LogP contribution >= 0.6 is 15.9 Å². The molecule has 1 aromatic carbocycles. The molecule has 0 amide bonds. The van der Waals surface area contributed by atoms with E-state index >= 15 is 0 Å². The standard InChI is InChI=1S/C12H13BrO3/c1-2-16-12(15)10(8-14)7-9-3-5-11(13)6-4-9/h3-6,8,10H,2,7H2,1H3. The summed E-state index contributed by atoms with van der Waals surface area (Å²) in [5.41, 5.74) is 0.938. The minimum absolute atomic E-state index is 0.295. The molecule has 0 spiro atoms. The molecule has 3 nitrogen and oxygen atoms in total. The zero-order chi connectivity index (χ0) is 12.0. The number of halogens is 1. The Morgan fingerprint density at radius 3 is 2.56 bits per heavy atom. The molecule has 1 unspecified atom stereocenters. The first-order valence-electron chi connectivity index (χ1n) is 5.03. The second kappa shape index (κ2) is 6.43. The summed E-state index contributed by atoms with van der Waals surface area (Å²) in [4.78, 5) is 22.2. The van der Waals surface area contributed by atoms with E-state index in [2.05, 4.69) is 15.9 Å². The highest BCUT2D eigenvalue weighted by molar-refractivity contribution is 9.10. The van der Waals surface area contributed by atoms with Crippen LogP contribution in [0.5, 0.6) is 0 Å². The summed E-state index contributed by atoms with van der Waals surface area (Å²) in [6.07, 6.45) is 1.02. The number of aldehydes is 1. The van der Waals surface area contributed by atoms with E-state index in [0.717, 1.165) is 10.0 Å². The number of carbonyl (C=O) groups is 2. The minimum atomic E-state index is -0.707. The summed E-state index contributed by atoms with van der Waals surface area (Å²) in [6, 6.07) is 7.50. The number of rotatable bonds is 5. The van der Waals surface area contributed by atoms with Crippen LogP contribution in [0.25, 0.3) is 0 Å². The fourth-order valence-electron chi connectivity index (χ4n) is 1.31. The predicted molar refractivity (Wildman–Crippen MR) is 64.0 cm³/mol. The van der Waals surface area contributed by atoms with E-state index < -0.39 is 11.9 Å². The van der Waals surface area contributed by atoms with E-state index in [1.807, 2.05) is 24.3 Å². The minimum Gasteiger partial charge on any atom is -0.465 e. The van der Waals surface area contributed by atoms with Crippen LogP contribution in [0.15, 0.2) is 28.7 Å². The topological polar surface area (TPSA) is 43.4 Å². The molecule has 4 heteroatoms. The second-order valence-corrected chi connectivity index (χ2v) is 4.24. The summed E-state index contributed by atoms with van der Waals surface area (Å²) >= 11 is 3.32. The second-order valence-electron chi connectivity index (χ2n) is 3.33. The Hall–Kier alpha value is -1.16. The molecule has 0 radical (unpaired) electrons.